The largest absolute Gasteiger partial charge is 0.367 e. The molecule has 0 aliphatic carbocycles. The molecular formula is C12H20ClN3. The van der Waals surface area contributed by atoms with Crippen LogP contribution in [0.2, 0.25) is 0 Å². The molecule has 1 N–H and O–H groups in total. The summed E-state index contributed by atoms with van der Waals surface area (Å²) in [6.07, 6.45) is 2.52. The molecule has 0 spiro atoms. The monoisotopic (exact) mass is 241 g/mol. The fourth-order valence-corrected chi connectivity index (χ4v) is 1.83. The molecule has 0 bridgehead atoms. The van der Waals surface area contributed by atoms with E-state index in [1.54, 1.807) is 6.33 Å². The topological polar surface area (TPSA) is 37.8 Å². The van der Waals surface area contributed by atoms with E-state index in [4.69, 9.17) is 11.6 Å². The van der Waals surface area contributed by atoms with Crippen molar-refractivity contribution in [2.24, 2.45) is 0 Å². The molecule has 0 amide bonds. The van der Waals surface area contributed by atoms with Crippen molar-refractivity contribution in [2.45, 2.75) is 51.5 Å². The zero-order valence-electron chi connectivity index (χ0n) is 10.4. The maximum Gasteiger partial charge on any atom is 0.129 e. The summed E-state index contributed by atoms with van der Waals surface area (Å²) in [5, 5.41) is 3.51. The van der Waals surface area contributed by atoms with Crippen molar-refractivity contribution < 1.29 is 0 Å². The zero-order chi connectivity index (χ0) is 12.1. The highest BCUT2D eigenvalue weighted by molar-refractivity contribution is 6.20. The molecule has 2 atom stereocenters. The second kappa shape index (κ2) is 6.04. The van der Waals surface area contributed by atoms with Gasteiger partial charge in [-0.1, -0.05) is 13.8 Å². The van der Waals surface area contributed by atoms with Gasteiger partial charge in [0.1, 0.15) is 12.1 Å². The summed E-state index contributed by atoms with van der Waals surface area (Å²) in [4.78, 5) is 8.43. The number of nitrogens with one attached hydrogen (secondary N) is 1. The van der Waals surface area contributed by atoms with Crippen molar-refractivity contribution in [1.82, 2.24) is 9.97 Å². The van der Waals surface area contributed by atoms with E-state index in [1.807, 2.05) is 13.0 Å². The third-order valence-electron chi connectivity index (χ3n) is 2.35. The highest BCUT2D eigenvalue weighted by atomic mass is 35.5. The average Bonchev–Trinajstić information content (AvgIpc) is 2.16. The highest BCUT2D eigenvalue weighted by Gasteiger charge is 2.08. The lowest BCUT2D eigenvalue weighted by atomic mass is 10.1. The standard InChI is InChI=1S/C12H20ClN3/c1-8(2)11-6-12(15-7-14-11)16-10(4)5-9(3)13/h6-10H,5H2,1-4H3,(H,14,15,16). The van der Waals surface area contributed by atoms with E-state index in [1.165, 1.54) is 0 Å². The molecule has 0 aliphatic rings. The van der Waals surface area contributed by atoms with Crippen molar-refractivity contribution >= 4 is 17.4 Å². The van der Waals surface area contributed by atoms with Crippen LogP contribution < -0.4 is 5.32 Å². The molecule has 4 heteroatoms. The van der Waals surface area contributed by atoms with Crippen molar-refractivity contribution in [2.75, 3.05) is 5.32 Å². The minimum absolute atomic E-state index is 0.175. The van der Waals surface area contributed by atoms with Crippen LogP contribution >= 0.6 is 11.6 Å². The van der Waals surface area contributed by atoms with Gasteiger partial charge in [0.25, 0.3) is 0 Å². The van der Waals surface area contributed by atoms with Crippen LogP contribution in [0, 0.1) is 0 Å². The Bertz CT molecular complexity index is 326. The van der Waals surface area contributed by atoms with E-state index in [9.17, 15) is 0 Å². The number of hydrogen-bond acceptors (Lipinski definition) is 3. The van der Waals surface area contributed by atoms with E-state index in [0.717, 1.165) is 17.9 Å². The maximum atomic E-state index is 5.95. The molecule has 0 aromatic carbocycles. The van der Waals surface area contributed by atoms with Gasteiger partial charge in [0.15, 0.2) is 0 Å². The second-order valence-electron chi connectivity index (χ2n) is 4.54. The quantitative estimate of drug-likeness (QED) is 0.803. The van der Waals surface area contributed by atoms with Gasteiger partial charge in [-0.25, -0.2) is 9.97 Å². The van der Waals surface area contributed by atoms with Gasteiger partial charge in [-0.05, 0) is 26.2 Å². The number of anilines is 1. The summed E-state index contributed by atoms with van der Waals surface area (Å²) < 4.78 is 0. The highest BCUT2D eigenvalue weighted by Crippen LogP contribution is 2.15. The van der Waals surface area contributed by atoms with Gasteiger partial charge in [0.05, 0.1) is 0 Å². The van der Waals surface area contributed by atoms with Gasteiger partial charge < -0.3 is 5.32 Å². The minimum Gasteiger partial charge on any atom is -0.367 e. The fraction of sp³-hybridized carbons (Fsp3) is 0.667. The Balaban J connectivity index is 2.63. The molecule has 0 aliphatic heterocycles. The maximum absolute atomic E-state index is 5.95. The smallest absolute Gasteiger partial charge is 0.129 e. The minimum atomic E-state index is 0.175. The Morgan fingerprint density at radius 1 is 1.25 bits per heavy atom. The molecule has 0 radical (unpaired) electrons. The molecule has 3 nitrogen and oxygen atoms in total. The van der Waals surface area contributed by atoms with Crippen LogP contribution in [0.5, 0.6) is 0 Å². The molecular weight excluding hydrogens is 222 g/mol. The van der Waals surface area contributed by atoms with Gasteiger partial charge in [-0.15, -0.1) is 11.6 Å². The predicted molar refractivity (Wildman–Crippen MR) is 69.1 cm³/mol. The van der Waals surface area contributed by atoms with Crippen LogP contribution in [0.15, 0.2) is 12.4 Å². The molecule has 16 heavy (non-hydrogen) atoms. The summed E-state index contributed by atoms with van der Waals surface area (Å²) in [6, 6.07) is 2.32. The number of halogens is 1. The summed E-state index contributed by atoms with van der Waals surface area (Å²) in [7, 11) is 0. The third-order valence-corrected chi connectivity index (χ3v) is 2.53. The van der Waals surface area contributed by atoms with Crippen LogP contribution in [0.1, 0.15) is 45.7 Å². The first-order valence-corrected chi connectivity index (χ1v) is 6.15. The molecule has 1 heterocycles. The fourth-order valence-electron chi connectivity index (χ4n) is 1.57. The summed E-state index contributed by atoms with van der Waals surface area (Å²) in [5.41, 5.74) is 1.06. The number of hydrogen-bond donors (Lipinski definition) is 1. The number of nitrogens with zero attached hydrogens (tertiary/aromatic N) is 2. The molecule has 1 aromatic rings. The predicted octanol–water partition coefficient (Wildman–Crippen LogP) is 3.42. The van der Waals surface area contributed by atoms with Gasteiger partial charge >= 0.3 is 0 Å². The second-order valence-corrected chi connectivity index (χ2v) is 5.29. The van der Waals surface area contributed by atoms with Crippen LogP contribution in [0.3, 0.4) is 0 Å². The third kappa shape index (κ3) is 4.35. The lowest BCUT2D eigenvalue weighted by molar-refractivity contribution is 0.692. The van der Waals surface area contributed by atoms with E-state index < -0.39 is 0 Å². The lowest BCUT2D eigenvalue weighted by Crippen LogP contribution is -2.19. The molecule has 2 unspecified atom stereocenters. The summed E-state index contributed by atoms with van der Waals surface area (Å²) in [6.45, 7) is 8.35. The lowest BCUT2D eigenvalue weighted by Gasteiger charge is -2.16. The zero-order valence-corrected chi connectivity index (χ0v) is 11.1. The van der Waals surface area contributed by atoms with E-state index in [2.05, 4.69) is 36.1 Å². The Kier molecular flexibility index (Phi) is 5.00. The number of rotatable bonds is 5. The SMILES string of the molecule is CC(Cl)CC(C)Nc1cc(C(C)C)ncn1. The van der Waals surface area contributed by atoms with Gasteiger partial charge in [0.2, 0.25) is 0 Å². The Morgan fingerprint density at radius 2 is 1.94 bits per heavy atom. The van der Waals surface area contributed by atoms with Gasteiger partial charge in [0, 0.05) is 23.2 Å². The summed E-state index contributed by atoms with van der Waals surface area (Å²) >= 11 is 5.95. The first-order valence-electron chi connectivity index (χ1n) is 5.71. The van der Waals surface area contributed by atoms with E-state index in [0.29, 0.717) is 12.0 Å². The van der Waals surface area contributed by atoms with Crippen LogP contribution in [-0.4, -0.2) is 21.4 Å². The van der Waals surface area contributed by atoms with E-state index in [-0.39, 0.29) is 5.38 Å². The molecule has 0 saturated heterocycles. The van der Waals surface area contributed by atoms with Gasteiger partial charge in [-0.2, -0.15) is 0 Å². The Morgan fingerprint density at radius 3 is 2.50 bits per heavy atom. The van der Waals surface area contributed by atoms with Crippen LogP contribution in [0.25, 0.3) is 0 Å². The van der Waals surface area contributed by atoms with Crippen molar-refractivity contribution in [3.63, 3.8) is 0 Å². The first-order chi connectivity index (χ1) is 7.49. The number of aromatic nitrogens is 2. The summed E-state index contributed by atoms with van der Waals surface area (Å²) in [5.74, 6) is 1.30. The molecule has 0 saturated carbocycles. The first kappa shape index (κ1) is 13.2. The van der Waals surface area contributed by atoms with Crippen LogP contribution in [0.4, 0.5) is 5.82 Å². The molecule has 1 aromatic heterocycles. The normalized spacial score (nSPS) is 14.9. The molecule has 0 fully saturated rings. The van der Waals surface area contributed by atoms with Crippen molar-refractivity contribution in [1.29, 1.82) is 0 Å². The Labute approximate surface area is 103 Å². The molecule has 90 valence electrons. The van der Waals surface area contributed by atoms with Crippen molar-refractivity contribution in [3.05, 3.63) is 18.1 Å². The van der Waals surface area contributed by atoms with Crippen LogP contribution in [-0.2, 0) is 0 Å². The van der Waals surface area contributed by atoms with Gasteiger partial charge in [-0.3, -0.25) is 0 Å². The average molecular weight is 242 g/mol. The number of alkyl halides is 1. The molecule has 1 rings (SSSR count). The Hall–Kier alpha value is -0.830. The van der Waals surface area contributed by atoms with E-state index >= 15 is 0 Å². The van der Waals surface area contributed by atoms with Crippen molar-refractivity contribution in [3.8, 4) is 0 Å².